The average Bonchev–Trinajstić information content (AvgIpc) is 2.55. The average molecular weight is 242 g/mol. The number of imidazole rings is 1. The molecule has 6 nitrogen and oxygen atoms in total. The summed E-state index contributed by atoms with van der Waals surface area (Å²) < 4.78 is 6.47. The summed E-state index contributed by atoms with van der Waals surface area (Å²) in [7, 11) is 1.48. The molecular weight excluding hydrogens is 234 g/mol. The molecule has 0 radical (unpaired) electrons. The van der Waals surface area contributed by atoms with Crippen LogP contribution in [0.3, 0.4) is 0 Å². The molecule has 0 atom stereocenters. The predicted octanol–water partition coefficient (Wildman–Crippen LogP) is 1.02. The first-order valence-corrected chi connectivity index (χ1v) is 4.78. The smallest absolute Gasteiger partial charge is 0.309 e. The summed E-state index contributed by atoms with van der Waals surface area (Å²) in [6, 6.07) is 0. The van der Waals surface area contributed by atoms with Crippen LogP contribution < -0.4 is 4.74 Å². The van der Waals surface area contributed by atoms with Gasteiger partial charge in [0.1, 0.15) is 5.15 Å². The minimum absolute atomic E-state index is 0.219. The molecule has 7 heteroatoms. The van der Waals surface area contributed by atoms with Crippen molar-refractivity contribution in [3.63, 3.8) is 0 Å². The Hall–Kier alpha value is -1.82. The van der Waals surface area contributed by atoms with E-state index < -0.39 is 5.97 Å². The number of ether oxygens (including phenoxy) is 1. The van der Waals surface area contributed by atoms with Crippen molar-refractivity contribution < 1.29 is 14.6 Å². The van der Waals surface area contributed by atoms with E-state index in [1.807, 2.05) is 0 Å². The van der Waals surface area contributed by atoms with Gasteiger partial charge in [-0.15, -0.1) is 0 Å². The second kappa shape index (κ2) is 3.97. The maximum absolute atomic E-state index is 10.6. The Morgan fingerprint density at radius 1 is 1.69 bits per heavy atom. The number of carboxylic acid groups (broad SMARTS) is 1. The van der Waals surface area contributed by atoms with Crippen LogP contribution in [0.2, 0.25) is 5.15 Å². The van der Waals surface area contributed by atoms with Crippen molar-refractivity contribution in [1.29, 1.82) is 0 Å². The van der Waals surface area contributed by atoms with Crippen molar-refractivity contribution in [2.24, 2.45) is 0 Å². The third-order valence-electron chi connectivity index (χ3n) is 2.02. The summed E-state index contributed by atoms with van der Waals surface area (Å²) in [6.07, 6.45) is 2.80. The number of hydrogen-bond acceptors (Lipinski definition) is 4. The van der Waals surface area contributed by atoms with Gasteiger partial charge in [0, 0.05) is 0 Å². The number of halogens is 1. The molecular formula is C9H8ClN3O3. The second-order valence-corrected chi connectivity index (χ2v) is 3.44. The monoisotopic (exact) mass is 241 g/mol. The molecule has 2 aromatic heterocycles. The van der Waals surface area contributed by atoms with E-state index in [0.29, 0.717) is 17.2 Å². The molecule has 2 rings (SSSR count). The number of carboxylic acids is 1. The largest absolute Gasteiger partial charge is 0.481 e. The highest BCUT2D eigenvalue weighted by molar-refractivity contribution is 6.30. The van der Waals surface area contributed by atoms with Gasteiger partial charge in [-0.3, -0.25) is 9.20 Å². The molecule has 0 bridgehead atoms. The van der Waals surface area contributed by atoms with E-state index in [9.17, 15) is 4.79 Å². The maximum Gasteiger partial charge on any atom is 0.309 e. The van der Waals surface area contributed by atoms with Crippen molar-refractivity contribution in [2.45, 2.75) is 6.42 Å². The van der Waals surface area contributed by atoms with Crippen LogP contribution >= 0.6 is 11.6 Å². The SMILES string of the molecule is COc1cn2c(Cl)c(CC(=O)O)nc2cn1. The lowest BCUT2D eigenvalue weighted by Crippen LogP contribution is -2.00. The first-order chi connectivity index (χ1) is 7.61. The van der Waals surface area contributed by atoms with E-state index in [1.165, 1.54) is 17.7 Å². The Kier molecular flexibility index (Phi) is 2.66. The Morgan fingerprint density at radius 2 is 2.44 bits per heavy atom. The molecule has 0 aromatic carbocycles. The van der Waals surface area contributed by atoms with Crippen LogP contribution in [0.5, 0.6) is 5.88 Å². The van der Waals surface area contributed by atoms with Crippen LogP contribution in [-0.2, 0) is 11.2 Å². The van der Waals surface area contributed by atoms with Gasteiger partial charge < -0.3 is 9.84 Å². The van der Waals surface area contributed by atoms with Gasteiger partial charge in [0.15, 0.2) is 5.65 Å². The van der Waals surface area contributed by atoms with Crippen LogP contribution in [0.4, 0.5) is 0 Å². The molecule has 0 unspecified atom stereocenters. The quantitative estimate of drug-likeness (QED) is 0.868. The van der Waals surface area contributed by atoms with Crippen molar-refractivity contribution in [2.75, 3.05) is 7.11 Å². The molecule has 0 aliphatic carbocycles. The lowest BCUT2D eigenvalue weighted by Gasteiger charge is -1.99. The fourth-order valence-corrected chi connectivity index (χ4v) is 1.56. The van der Waals surface area contributed by atoms with Gasteiger partial charge in [0.05, 0.1) is 31.6 Å². The number of aromatic nitrogens is 3. The Balaban J connectivity index is 2.54. The van der Waals surface area contributed by atoms with Gasteiger partial charge in [-0.1, -0.05) is 11.6 Å². The number of hydrogen-bond donors (Lipinski definition) is 1. The summed E-state index contributed by atoms with van der Waals surface area (Å²) >= 11 is 5.98. The molecule has 0 saturated heterocycles. The lowest BCUT2D eigenvalue weighted by molar-refractivity contribution is -0.136. The lowest BCUT2D eigenvalue weighted by atomic mass is 10.3. The summed E-state index contributed by atoms with van der Waals surface area (Å²) in [5, 5.41) is 8.93. The fourth-order valence-electron chi connectivity index (χ4n) is 1.32. The van der Waals surface area contributed by atoms with Gasteiger partial charge in [-0.2, -0.15) is 0 Å². The molecule has 1 N–H and O–H groups in total. The topological polar surface area (TPSA) is 76.7 Å². The van der Waals surface area contributed by atoms with Crippen LogP contribution in [0.25, 0.3) is 5.65 Å². The first-order valence-electron chi connectivity index (χ1n) is 4.40. The van der Waals surface area contributed by atoms with Crippen molar-refractivity contribution in [3.05, 3.63) is 23.2 Å². The number of nitrogens with zero attached hydrogens (tertiary/aromatic N) is 3. The molecule has 2 heterocycles. The number of methoxy groups -OCH3 is 1. The van der Waals surface area contributed by atoms with E-state index in [2.05, 4.69) is 9.97 Å². The number of rotatable bonds is 3. The van der Waals surface area contributed by atoms with E-state index in [0.717, 1.165) is 0 Å². The van der Waals surface area contributed by atoms with Gasteiger partial charge in [-0.25, -0.2) is 9.97 Å². The highest BCUT2D eigenvalue weighted by Crippen LogP contribution is 2.20. The minimum atomic E-state index is -0.981. The number of fused-ring (bicyclic) bond motifs is 1. The first kappa shape index (κ1) is 10.7. The van der Waals surface area contributed by atoms with E-state index in [4.69, 9.17) is 21.4 Å². The normalized spacial score (nSPS) is 10.6. The van der Waals surface area contributed by atoms with Crippen molar-refractivity contribution >= 4 is 23.2 Å². The van der Waals surface area contributed by atoms with Crippen LogP contribution in [0.1, 0.15) is 5.69 Å². The number of aliphatic carboxylic acids is 1. The van der Waals surface area contributed by atoms with E-state index in [-0.39, 0.29) is 11.6 Å². The zero-order chi connectivity index (χ0) is 11.7. The predicted molar refractivity (Wildman–Crippen MR) is 55.9 cm³/mol. The van der Waals surface area contributed by atoms with E-state index in [1.54, 1.807) is 6.20 Å². The highest BCUT2D eigenvalue weighted by atomic mass is 35.5. The van der Waals surface area contributed by atoms with Gasteiger partial charge in [-0.05, 0) is 0 Å². The molecule has 0 aliphatic heterocycles. The molecule has 0 spiro atoms. The fraction of sp³-hybridized carbons (Fsp3) is 0.222. The number of carbonyl (C=O) groups is 1. The summed E-state index contributed by atoms with van der Waals surface area (Å²) in [4.78, 5) is 18.6. The summed E-state index contributed by atoms with van der Waals surface area (Å²) in [5.74, 6) is -0.598. The zero-order valence-corrected chi connectivity index (χ0v) is 9.10. The third-order valence-corrected chi connectivity index (χ3v) is 2.42. The van der Waals surface area contributed by atoms with Gasteiger partial charge >= 0.3 is 5.97 Å². The molecule has 16 heavy (non-hydrogen) atoms. The van der Waals surface area contributed by atoms with Gasteiger partial charge in [0.25, 0.3) is 0 Å². The Morgan fingerprint density at radius 3 is 3.06 bits per heavy atom. The maximum atomic E-state index is 10.6. The van der Waals surface area contributed by atoms with Crippen molar-refractivity contribution in [1.82, 2.24) is 14.4 Å². The van der Waals surface area contributed by atoms with Crippen LogP contribution in [0.15, 0.2) is 12.4 Å². The van der Waals surface area contributed by atoms with Gasteiger partial charge in [0.2, 0.25) is 5.88 Å². The molecule has 84 valence electrons. The third kappa shape index (κ3) is 1.79. The molecule has 0 saturated carbocycles. The second-order valence-electron chi connectivity index (χ2n) is 3.08. The molecule has 0 amide bonds. The Labute approximate surface area is 95.5 Å². The zero-order valence-electron chi connectivity index (χ0n) is 8.35. The molecule has 0 fully saturated rings. The highest BCUT2D eigenvalue weighted by Gasteiger charge is 2.13. The molecule has 2 aromatic rings. The minimum Gasteiger partial charge on any atom is -0.481 e. The summed E-state index contributed by atoms with van der Waals surface area (Å²) in [5.41, 5.74) is 0.797. The standard InChI is InChI=1S/C9H8ClN3O3/c1-16-7-4-13-6(3-11-7)12-5(9(13)10)2-8(14)15/h3-4H,2H2,1H3,(H,14,15). The van der Waals surface area contributed by atoms with Crippen LogP contribution in [0, 0.1) is 0 Å². The van der Waals surface area contributed by atoms with Crippen molar-refractivity contribution in [3.8, 4) is 5.88 Å². The Bertz CT molecular complexity index is 552. The summed E-state index contributed by atoms with van der Waals surface area (Å²) in [6.45, 7) is 0. The van der Waals surface area contributed by atoms with E-state index >= 15 is 0 Å². The molecule has 0 aliphatic rings. The van der Waals surface area contributed by atoms with Crippen LogP contribution in [-0.4, -0.2) is 32.6 Å².